The van der Waals surface area contributed by atoms with Crippen LogP contribution in [-0.2, 0) is 10.1 Å². The molecule has 0 amide bonds. The summed E-state index contributed by atoms with van der Waals surface area (Å²) in [7, 11) is 1.30. The van der Waals surface area contributed by atoms with Crippen LogP contribution in [0.25, 0.3) is 0 Å². The third-order valence-corrected chi connectivity index (χ3v) is 2.15. The topological polar surface area (TPSA) is 63.0 Å². The van der Waals surface area contributed by atoms with Crippen molar-refractivity contribution in [2.24, 2.45) is 0 Å². The number of rotatable bonds is 2. The maximum Gasteiger partial charge on any atom is 0.339 e. The summed E-state index contributed by atoms with van der Waals surface area (Å²) in [6.07, 6.45) is 0. The van der Waals surface area contributed by atoms with Crippen LogP contribution in [-0.4, -0.2) is 18.1 Å². The molecule has 0 atom stereocenters. The first-order valence-electron chi connectivity index (χ1n) is 3.77. The Balaban J connectivity index is 3.19. The van der Waals surface area contributed by atoms with Crippen molar-refractivity contribution < 1.29 is 9.53 Å². The van der Waals surface area contributed by atoms with E-state index in [0.717, 1.165) is 0 Å². The number of ether oxygens (including phenoxy) is 1. The molecule has 1 rings (SSSR count). The Morgan fingerprint density at radius 2 is 2.43 bits per heavy atom. The quantitative estimate of drug-likeness (QED) is 0.595. The zero-order chi connectivity index (χ0) is 10.6. The summed E-state index contributed by atoms with van der Waals surface area (Å²) in [5.41, 5.74) is 1.17. The molecular weight excluding hydrogens is 248 g/mol. The second kappa shape index (κ2) is 4.72. The molecule has 0 radical (unpaired) electrons. The zero-order valence-electron chi connectivity index (χ0n) is 7.45. The smallest absolute Gasteiger partial charge is 0.339 e. The number of aromatic nitrogens is 1. The van der Waals surface area contributed by atoms with E-state index in [-0.39, 0.29) is 5.69 Å². The summed E-state index contributed by atoms with van der Waals surface area (Å²) in [6.45, 7) is 0. The van der Waals surface area contributed by atoms with Gasteiger partial charge in [-0.05, 0) is 12.1 Å². The fraction of sp³-hybridized carbons (Fsp3) is 0.222. The van der Waals surface area contributed by atoms with Gasteiger partial charge in [0.25, 0.3) is 0 Å². The molecule has 0 aliphatic rings. The molecule has 0 N–H and O–H groups in total. The molecule has 5 heteroatoms. The van der Waals surface area contributed by atoms with Crippen LogP contribution < -0.4 is 0 Å². The van der Waals surface area contributed by atoms with Gasteiger partial charge >= 0.3 is 5.97 Å². The second-order valence-electron chi connectivity index (χ2n) is 2.43. The number of nitrogens with zero attached hydrogens (tertiary/aromatic N) is 2. The number of nitriles is 1. The molecule has 1 heterocycles. The van der Waals surface area contributed by atoms with Gasteiger partial charge in [0.05, 0.1) is 18.4 Å². The number of pyridine rings is 1. The SMILES string of the molecule is COC(=O)c1ccc(C#N)nc1CBr. The Hall–Kier alpha value is -1.41. The molecule has 0 aliphatic carbocycles. The number of carbonyl (C=O) groups excluding carboxylic acids is 1. The van der Waals surface area contributed by atoms with Crippen molar-refractivity contribution in [3.05, 3.63) is 29.1 Å². The molecule has 0 saturated heterocycles. The van der Waals surface area contributed by atoms with E-state index >= 15 is 0 Å². The van der Waals surface area contributed by atoms with Gasteiger partial charge < -0.3 is 4.74 Å². The van der Waals surface area contributed by atoms with E-state index < -0.39 is 5.97 Å². The Labute approximate surface area is 89.6 Å². The van der Waals surface area contributed by atoms with E-state index in [2.05, 4.69) is 25.7 Å². The van der Waals surface area contributed by atoms with Crippen molar-refractivity contribution in [2.45, 2.75) is 5.33 Å². The third-order valence-electron chi connectivity index (χ3n) is 1.62. The van der Waals surface area contributed by atoms with Crippen LogP contribution in [0.4, 0.5) is 0 Å². The summed E-state index contributed by atoms with van der Waals surface area (Å²) in [4.78, 5) is 15.2. The highest BCUT2D eigenvalue weighted by molar-refractivity contribution is 9.08. The van der Waals surface area contributed by atoms with Gasteiger partial charge in [-0.2, -0.15) is 5.26 Å². The van der Waals surface area contributed by atoms with Gasteiger partial charge in [0.1, 0.15) is 11.8 Å². The van der Waals surface area contributed by atoms with Crippen molar-refractivity contribution in [3.8, 4) is 6.07 Å². The number of hydrogen-bond acceptors (Lipinski definition) is 4. The summed E-state index contributed by atoms with van der Waals surface area (Å²) >= 11 is 3.19. The number of esters is 1. The first-order valence-corrected chi connectivity index (χ1v) is 4.89. The van der Waals surface area contributed by atoms with Crippen molar-refractivity contribution in [1.29, 1.82) is 5.26 Å². The van der Waals surface area contributed by atoms with Crippen LogP contribution in [0.1, 0.15) is 21.7 Å². The lowest BCUT2D eigenvalue weighted by Gasteiger charge is -2.03. The molecule has 72 valence electrons. The summed E-state index contributed by atoms with van der Waals surface area (Å²) in [5.74, 6) is -0.448. The average molecular weight is 255 g/mol. The number of halogens is 1. The van der Waals surface area contributed by atoms with Gasteiger partial charge in [0.2, 0.25) is 0 Å². The maximum absolute atomic E-state index is 11.2. The summed E-state index contributed by atoms with van der Waals surface area (Å²) in [6, 6.07) is 4.92. The highest BCUT2D eigenvalue weighted by atomic mass is 79.9. The average Bonchev–Trinajstić information content (AvgIpc) is 2.27. The normalized spacial score (nSPS) is 9.21. The van der Waals surface area contributed by atoms with Crippen LogP contribution in [0.5, 0.6) is 0 Å². The third kappa shape index (κ3) is 2.09. The molecule has 4 nitrogen and oxygen atoms in total. The van der Waals surface area contributed by atoms with Crippen molar-refractivity contribution >= 4 is 21.9 Å². The first kappa shape index (κ1) is 10.7. The fourth-order valence-electron chi connectivity index (χ4n) is 0.961. The summed E-state index contributed by atoms with van der Waals surface area (Å²) in [5, 5.41) is 9.01. The van der Waals surface area contributed by atoms with E-state index in [1.165, 1.54) is 19.2 Å². The number of methoxy groups -OCH3 is 1. The number of hydrogen-bond donors (Lipinski definition) is 0. The Kier molecular flexibility index (Phi) is 3.60. The molecule has 0 spiro atoms. The standard InChI is InChI=1S/C9H7BrN2O2/c1-14-9(13)7-3-2-6(5-11)12-8(7)4-10/h2-3H,4H2,1H3. The van der Waals surface area contributed by atoms with E-state index in [9.17, 15) is 4.79 Å². The van der Waals surface area contributed by atoms with Crippen LogP contribution in [0.2, 0.25) is 0 Å². The van der Waals surface area contributed by atoms with Crippen LogP contribution in [0.3, 0.4) is 0 Å². The largest absolute Gasteiger partial charge is 0.465 e. The molecular formula is C9H7BrN2O2. The highest BCUT2D eigenvalue weighted by Crippen LogP contribution is 2.12. The maximum atomic E-state index is 11.2. The molecule has 1 aromatic rings. The molecule has 0 fully saturated rings. The Bertz CT molecular complexity index is 398. The van der Waals surface area contributed by atoms with E-state index in [1.54, 1.807) is 0 Å². The number of carbonyl (C=O) groups is 1. The highest BCUT2D eigenvalue weighted by Gasteiger charge is 2.12. The lowest BCUT2D eigenvalue weighted by molar-refractivity contribution is 0.0599. The zero-order valence-corrected chi connectivity index (χ0v) is 9.04. The predicted octanol–water partition coefficient (Wildman–Crippen LogP) is 1.63. The van der Waals surface area contributed by atoms with Crippen LogP contribution >= 0.6 is 15.9 Å². The summed E-state index contributed by atoms with van der Waals surface area (Å²) < 4.78 is 4.57. The Morgan fingerprint density at radius 3 is 2.93 bits per heavy atom. The lowest BCUT2D eigenvalue weighted by Crippen LogP contribution is -2.07. The molecule has 1 aromatic heterocycles. The second-order valence-corrected chi connectivity index (χ2v) is 2.99. The molecule has 0 bridgehead atoms. The van der Waals surface area contributed by atoms with E-state index in [4.69, 9.17) is 5.26 Å². The van der Waals surface area contributed by atoms with Gasteiger partial charge in [-0.15, -0.1) is 0 Å². The fourth-order valence-corrected chi connectivity index (χ4v) is 1.39. The van der Waals surface area contributed by atoms with Gasteiger partial charge in [-0.1, -0.05) is 15.9 Å². The molecule has 0 unspecified atom stereocenters. The minimum Gasteiger partial charge on any atom is -0.465 e. The van der Waals surface area contributed by atoms with Crippen molar-refractivity contribution in [1.82, 2.24) is 4.98 Å². The van der Waals surface area contributed by atoms with Crippen LogP contribution in [0.15, 0.2) is 12.1 Å². The first-order chi connectivity index (χ1) is 6.72. The van der Waals surface area contributed by atoms with Gasteiger partial charge in [0, 0.05) is 5.33 Å². The van der Waals surface area contributed by atoms with Crippen LogP contribution in [0, 0.1) is 11.3 Å². The Morgan fingerprint density at radius 1 is 1.71 bits per heavy atom. The minimum atomic E-state index is -0.448. The van der Waals surface area contributed by atoms with Gasteiger partial charge in [-0.25, -0.2) is 9.78 Å². The lowest BCUT2D eigenvalue weighted by atomic mass is 10.2. The number of alkyl halides is 1. The molecule has 0 aliphatic heterocycles. The predicted molar refractivity (Wildman–Crippen MR) is 52.9 cm³/mol. The molecule has 0 saturated carbocycles. The van der Waals surface area contributed by atoms with E-state index in [1.807, 2.05) is 6.07 Å². The van der Waals surface area contributed by atoms with Crippen molar-refractivity contribution in [2.75, 3.05) is 7.11 Å². The monoisotopic (exact) mass is 254 g/mol. The minimum absolute atomic E-state index is 0.284. The molecule has 0 aromatic carbocycles. The molecule has 14 heavy (non-hydrogen) atoms. The van der Waals surface area contributed by atoms with Gasteiger partial charge in [0.15, 0.2) is 0 Å². The van der Waals surface area contributed by atoms with E-state index in [0.29, 0.717) is 16.6 Å². The van der Waals surface area contributed by atoms with Crippen molar-refractivity contribution in [3.63, 3.8) is 0 Å². The van der Waals surface area contributed by atoms with Gasteiger partial charge in [-0.3, -0.25) is 0 Å².